The van der Waals surface area contributed by atoms with Gasteiger partial charge in [0.1, 0.15) is 11.5 Å². The first-order chi connectivity index (χ1) is 7.34. The summed E-state index contributed by atoms with van der Waals surface area (Å²) in [5, 5.41) is 0.507. The first kappa shape index (κ1) is 10.1. The Labute approximate surface area is 94.0 Å². The van der Waals surface area contributed by atoms with E-state index >= 15 is 0 Å². The van der Waals surface area contributed by atoms with E-state index in [4.69, 9.17) is 11.6 Å². The minimum atomic E-state index is 0.507. The topological polar surface area (TPSA) is 25.8 Å². The van der Waals surface area contributed by atoms with E-state index in [9.17, 15) is 0 Å². The molecular weight excluding hydrogens is 208 g/mol. The Bertz CT molecular complexity index is 429. The fourth-order valence-corrected chi connectivity index (χ4v) is 1.59. The molecule has 1 heterocycles. The third kappa shape index (κ3) is 3.03. The van der Waals surface area contributed by atoms with Gasteiger partial charge in [0.2, 0.25) is 0 Å². The largest absolute Gasteiger partial charge is 0.241 e. The molecule has 0 atom stereocenters. The quantitative estimate of drug-likeness (QED) is 0.741. The minimum Gasteiger partial charge on any atom is -0.241 e. The molecule has 0 radical (unpaired) electrons. The summed E-state index contributed by atoms with van der Waals surface area (Å²) in [7, 11) is 0. The number of aryl methyl sites for hydroxylation is 2. The van der Waals surface area contributed by atoms with Crippen molar-refractivity contribution in [1.29, 1.82) is 0 Å². The summed E-state index contributed by atoms with van der Waals surface area (Å²) in [4.78, 5) is 8.01. The van der Waals surface area contributed by atoms with E-state index in [0.717, 1.165) is 18.5 Å². The predicted molar refractivity (Wildman–Crippen MR) is 60.9 cm³/mol. The van der Waals surface area contributed by atoms with Gasteiger partial charge in [0.15, 0.2) is 0 Å². The Kier molecular flexibility index (Phi) is 3.30. The molecule has 0 aliphatic carbocycles. The molecule has 2 nitrogen and oxygen atoms in total. The summed E-state index contributed by atoms with van der Waals surface area (Å²) >= 11 is 5.78. The number of benzene rings is 1. The van der Waals surface area contributed by atoms with Crippen LogP contribution in [-0.4, -0.2) is 9.97 Å². The number of hydrogen-bond acceptors (Lipinski definition) is 2. The van der Waals surface area contributed by atoms with Gasteiger partial charge in [0, 0.05) is 5.69 Å². The number of rotatable bonds is 3. The maximum absolute atomic E-state index is 5.78. The van der Waals surface area contributed by atoms with Crippen molar-refractivity contribution in [2.75, 3.05) is 0 Å². The van der Waals surface area contributed by atoms with Gasteiger partial charge >= 0.3 is 0 Å². The van der Waals surface area contributed by atoms with Gasteiger partial charge in [-0.2, -0.15) is 0 Å². The Morgan fingerprint density at radius 2 is 1.80 bits per heavy atom. The molecule has 0 fully saturated rings. The molecule has 0 bridgehead atoms. The zero-order valence-corrected chi connectivity index (χ0v) is 8.98. The Morgan fingerprint density at radius 3 is 2.53 bits per heavy atom. The van der Waals surface area contributed by atoms with E-state index in [1.165, 1.54) is 11.9 Å². The summed E-state index contributed by atoms with van der Waals surface area (Å²) in [5.41, 5.74) is 2.30. The second kappa shape index (κ2) is 4.89. The monoisotopic (exact) mass is 218 g/mol. The van der Waals surface area contributed by atoms with E-state index in [-0.39, 0.29) is 0 Å². The van der Waals surface area contributed by atoms with Crippen LogP contribution in [0.1, 0.15) is 11.3 Å². The summed E-state index contributed by atoms with van der Waals surface area (Å²) in [6, 6.07) is 12.1. The molecule has 0 saturated heterocycles. The zero-order valence-electron chi connectivity index (χ0n) is 8.23. The van der Waals surface area contributed by atoms with E-state index in [0.29, 0.717) is 5.15 Å². The van der Waals surface area contributed by atoms with Crippen molar-refractivity contribution in [3.05, 3.63) is 59.1 Å². The summed E-state index contributed by atoms with van der Waals surface area (Å²) < 4.78 is 0. The van der Waals surface area contributed by atoms with Gasteiger partial charge in [0.25, 0.3) is 0 Å². The molecule has 0 amide bonds. The molecule has 0 unspecified atom stereocenters. The second-order valence-electron chi connectivity index (χ2n) is 3.32. The van der Waals surface area contributed by atoms with E-state index < -0.39 is 0 Å². The Hall–Kier alpha value is -1.41. The van der Waals surface area contributed by atoms with Gasteiger partial charge in [-0.15, -0.1) is 0 Å². The van der Waals surface area contributed by atoms with E-state index in [1.807, 2.05) is 24.3 Å². The maximum Gasteiger partial charge on any atom is 0.132 e. The van der Waals surface area contributed by atoms with Crippen molar-refractivity contribution in [3.8, 4) is 0 Å². The van der Waals surface area contributed by atoms with Crippen LogP contribution >= 0.6 is 11.6 Å². The van der Waals surface area contributed by atoms with Gasteiger partial charge < -0.3 is 0 Å². The lowest BCUT2D eigenvalue weighted by Gasteiger charge is -2.00. The second-order valence-corrected chi connectivity index (χ2v) is 3.70. The average molecular weight is 219 g/mol. The predicted octanol–water partition coefficient (Wildman–Crippen LogP) is 2.92. The third-order valence-corrected chi connectivity index (χ3v) is 2.41. The SMILES string of the molecule is Clc1cc(CCc2ccccc2)ncn1. The van der Waals surface area contributed by atoms with Gasteiger partial charge in [-0.05, 0) is 24.5 Å². The highest BCUT2D eigenvalue weighted by molar-refractivity contribution is 6.29. The lowest BCUT2D eigenvalue weighted by Crippen LogP contribution is -1.94. The molecule has 2 rings (SSSR count). The van der Waals surface area contributed by atoms with Gasteiger partial charge in [0.05, 0.1) is 0 Å². The molecule has 15 heavy (non-hydrogen) atoms. The Morgan fingerprint density at radius 1 is 1.00 bits per heavy atom. The number of halogens is 1. The fraction of sp³-hybridized carbons (Fsp3) is 0.167. The fourth-order valence-electron chi connectivity index (χ4n) is 1.42. The number of nitrogens with zero attached hydrogens (tertiary/aromatic N) is 2. The standard InChI is InChI=1S/C12H11ClN2/c13-12-8-11(14-9-15-12)7-6-10-4-2-1-3-5-10/h1-5,8-9H,6-7H2. The first-order valence-electron chi connectivity index (χ1n) is 4.85. The lowest BCUT2D eigenvalue weighted by atomic mass is 10.1. The van der Waals surface area contributed by atoms with Crippen LogP contribution in [0.25, 0.3) is 0 Å². The molecule has 0 aliphatic heterocycles. The summed E-state index contributed by atoms with van der Waals surface area (Å²) in [6.45, 7) is 0. The van der Waals surface area contributed by atoms with Crippen LogP contribution in [0.4, 0.5) is 0 Å². The smallest absolute Gasteiger partial charge is 0.132 e. The minimum absolute atomic E-state index is 0.507. The maximum atomic E-state index is 5.78. The summed E-state index contributed by atoms with van der Waals surface area (Å²) in [6.07, 6.45) is 3.38. The molecule has 1 aromatic carbocycles. The molecule has 2 aromatic rings. The van der Waals surface area contributed by atoms with E-state index in [2.05, 4.69) is 22.1 Å². The molecule has 0 saturated carbocycles. The van der Waals surface area contributed by atoms with Gasteiger partial charge in [-0.1, -0.05) is 41.9 Å². The van der Waals surface area contributed by atoms with Crippen molar-refractivity contribution in [1.82, 2.24) is 9.97 Å². The normalized spacial score (nSPS) is 10.2. The van der Waals surface area contributed by atoms with Crippen LogP contribution < -0.4 is 0 Å². The Balaban J connectivity index is 1.99. The third-order valence-electron chi connectivity index (χ3n) is 2.20. The highest BCUT2D eigenvalue weighted by atomic mass is 35.5. The van der Waals surface area contributed by atoms with Crippen LogP contribution in [0.3, 0.4) is 0 Å². The van der Waals surface area contributed by atoms with Crippen molar-refractivity contribution >= 4 is 11.6 Å². The lowest BCUT2D eigenvalue weighted by molar-refractivity contribution is 0.900. The average Bonchev–Trinajstić information content (AvgIpc) is 2.28. The number of aromatic nitrogens is 2. The van der Waals surface area contributed by atoms with Gasteiger partial charge in [-0.3, -0.25) is 0 Å². The van der Waals surface area contributed by atoms with Crippen LogP contribution in [0.2, 0.25) is 5.15 Å². The molecule has 76 valence electrons. The highest BCUT2D eigenvalue weighted by Gasteiger charge is 1.97. The summed E-state index contributed by atoms with van der Waals surface area (Å²) in [5.74, 6) is 0. The van der Waals surface area contributed by atoms with Crippen molar-refractivity contribution in [2.24, 2.45) is 0 Å². The molecule has 3 heteroatoms. The van der Waals surface area contributed by atoms with Crippen molar-refractivity contribution < 1.29 is 0 Å². The molecule has 0 N–H and O–H groups in total. The number of hydrogen-bond donors (Lipinski definition) is 0. The zero-order chi connectivity index (χ0) is 10.5. The van der Waals surface area contributed by atoms with Crippen molar-refractivity contribution in [2.45, 2.75) is 12.8 Å². The van der Waals surface area contributed by atoms with Crippen LogP contribution in [-0.2, 0) is 12.8 Å². The molecule has 0 aliphatic rings. The van der Waals surface area contributed by atoms with Crippen LogP contribution in [0.15, 0.2) is 42.7 Å². The molecule has 1 aromatic heterocycles. The highest BCUT2D eigenvalue weighted by Crippen LogP contribution is 2.08. The van der Waals surface area contributed by atoms with E-state index in [1.54, 1.807) is 0 Å². The van der Waals surface area contributed by atoms with Crippen LogP contribution in [0, 0.1) is 0 Å². The molecular formula is C12H11ClN2. The van der Waals surface area contributed by atoms with Crippen LogP contribution in [0.5, 0.6) is 0 Å². The molecule has 0 spiro atoms. The van der Waals surface area contributed by atoms with Crippen molar-refractivity contribution in [3.63, 3.8) is 0 Å². The van der Waals surface area contributed by atoms with Gasteiger partial charge in [-0.25, -0.2) is 9.97 Å². The first-order valence-corrected chi connectivity index (χ1v) is 5.23.